The number of hydrogen-bond donors (Lipinski definition) is 1. The number of hydrogen-bond acceptors (Lipinski definition) is 6. The number of carboxylic acid groups (broad SMARTS) is 1. The van der Waals surface area contributed by atoms with E-state index >= 15 is 0 Å². The minimum atomic E-state index is -1.06. The van der Waals surface area contributed by atoms with E-state index in [-0.39, 0.29) is 18.1 Å². The summed E-state index contributed by atoms with van der Waals surface area (Å²) >= 11 is 0. The molecule has 2 aromatic rings. The van der Waals surface area contributed by atoms with Gasteiger partial charge in [0.25, 0.3) is 0 Å². The molecular weight excluding hydrogens is 332 g/mol. The van der Waals surface area contributed by atoms with Crippen LogP contribution in [-0.4, -0.2) is 50.2 Å². The van der Waals surface area contributed by atoms with E-state index in [0.717, 1.165) is 11.8 Å². The highest BCUT2D eigenvalue weighted by Gasteiger charge is 2.14. The van der Waals surface area contributed by atoms with E-state index in [1.165, 1.54) is 15.8 Å². The van der Waals surface area contributed by atoms with Crippen molar-refractivity contribution in [2.45, 2.75) is 13.1 Å². The van der Waals surface area contributed by atoms with Crippen molar-refractivity contribution in [1.82, 2.24) is 14.7 Å². The highest BCUT2D eigenvalue weighted by Crippen LogP contribution is 2.14. The normalized spacial score (nSPS) is 10.3. The number of carbonyl (C=O) groups excluding carboxylic acids is 1. The number of benzene rings is 1. The number of likely N-dealkylation sites (N-methyl/N-ethyl adjacent to an activating group) is 1. The molecule has 132 valence electrons. The van der Waals surface area contributed by atoms with Crippen molar-refractivity contribution in [2.24, 2.45) is 0 Å². The third kappa shape index (κ3) is 5.30. The Morgan fingerprint density at radius 3 is 2.60 bits per heavy atom. The molecule has 0 atom stereocenters. The molecule has 0 spiro atoms. The molecule has 1 heterocycles. The van der Waals surface area contributed by atoms with E-state index in [9.17, 15) is 19.7 Å². The number of rotatable bonds is 8. The van der Waals surface area contributed by atoms with Crippen molar-refractivity contribution < 1.29 is 24.4 Å². The maximum atomic E-state index is 12.1. The molecule has 1 amide bonds. The molecule has 1 aromatic carbocycles. The van der Waals surface area contributed by atoms with E-state index in [0.29, 0.717) is 12.3 Å². The molecular formula is C15H16N4O6. The zero-order valence-corrected chi connectivity index (χ0v) is 13.4. The van der Waals surface area contributed by atoms with Crippen molar-refractivity contribution in [3.05, 3.63) is 52.3 Å². The van der Waals surface area contributed by atoms with Gasteiger partial charge in [-0.15, -0.1) is 0 Å². The average molecular weight is 348 g/mol. The van der Waals surface area contributed by atoms with Crippen LogP contribution in [0.2, 0.25) is 0 Å². The fourth-order valence-corrected chi connectivity index (χ4v) is 1.99. The number of ether oxygens (including phenoxy) is 1. The van der Waals surface area contributed by atoms with Gasteiger partial charge in [-0.2, -0.15) is 5.10 Å². The van der Waals surface area contributed by atoms with Crippen LogP contribution in [0, 0.1) is 10.1 Å². The number of carbonyl (C=O) groups is 2. The van der Waals surface area contributed by atoms with Crippen LogP contribution >= 0.6 is 0 Å². The van der Waals surface area contributed by atoms with Crippen LogP contribution in [0.15, 0.2) is 36.7 Å². The maximum absolute atomic E-state index is 12.1. The Balaban J connectivity index is 1.89. The van der Waals surface area contributed by atoms with Crippen molar-refractivity contribution in [1.29, 1.82) is 0 Å². The Labute approximate surface area is 142 Å². The second kappa shape index (κ2) is 7.90. The molecule has 10 heteroatoms. The Kier molecular flexibility index (Phi) is 5.66. The fraction of sp³-hybridized carbons (Fsp3) is 0.267. The summed E-state index contributed by atoms with van der Waals surface area (Å²) < 4.78 is 6.24. The topological polar surface area (TPSA) is 128 Å². The quantitative estimate of drug-likeness (QED) is 0.555. The van der Waals surface area contributed by atoms with Gasteiger partial charge in [0.2, 0.25) is 5.91 Å². The molecule has 1 N–H and O–H groups in total. The van der Waals surface area contributed by atoms with E-state index < -0.39 is 17.5 Å². The number of aliphatic carboxylic acids is 1. The molecule has 1 aromatic heterocycles. The van der Waals surface area contributed by atoms with Gasteiger partial charge in [-0.3, -0.25) is 19.6 Å². The Morgan fingerprint density at radius 2 is 2.04 bits per heavy atom. The molecule has 2 rings (SSSR count). The molecule has 0 fully saturated rings. The Bertz CT molecular complexity index is 771. The standard InChI is InChI=1S/C15H16N4O6/c1-17(14(20)9-18-8-12(6-16-18)19(23)24)7-11-2-4-13(5-3-11)25-10-15(21)22/h2-6,8H,7,9-10H2,1H3,(H,21,22). The smallest absolute Gasteiger partial charge is 0.341 e. The van der Waals surface area contributed by atoms with Crippen LogP contribution in [-0.2, 0) is 22.7 Å². The number of aromatic nitrogens is 2. The van der Waals surface area contributed by atoms with Crippen molar-refractivity contribution in [3.63, 3.8) is 0 Å². The third-order valence-electron chi connectivity index (χ3n) is 3.26. The summed E-state index contributed by atoms with van der Waals surface area (Å²) in [6.07, 6.45) is 2.28. The largest absolute Gasteiger partial charge is 0.482 e. The Morgan fingerprint density at radius 1 is 1.36 bits per heavy atom. The summed E-state index contributed by atoms with van der Waals surface area (Å²) in [5, 5.41) is 22.9. The minimum Gasteiger partial charge on any atom is -0.482 e. The van der Waals surface area contributed by atoms with Crippen molar-refractivity contribution in [3.8, 4) is 5.75 Å². The predicted octanol–water partition coefficient (Wildman–Crippen LogP) is 0.913. The summed E-state index contributed by atoms with van der Waals surface area (Å²) in [7, 11) is 1.61. The molecule has 0 aliphatic carbocycles. The molecule has 0 aliphatic rings. The van der Waals surface area contributed by atoms with Crippen LogP contribution in [0.4, 0.5) is 5.69 Å². The minimum absolute atomic E-state index is 0.107. The zero-order valence-electron chi connectivity index (χ0n) is 13.4. The van der Waals surface area contributed by atoms with Crippen LogP contribution in [0.3, 0.4) is 0 Å². The van der Waals surface area contributed by atoms with Crippen molar-refractivity contribution in [2.75, 3.05) is 13.7 Å². The van der Waals surface area contributed by atoms with Gasteiger partial charge in [0.1, 0.15) is 24.7 Å². The van der Waals surface area contributed by atoms with Gasteiger partial charge in [-0.05, 0) is 17.7 Å². The first-order valence-electron chi connectivity index (χ1n) is 7.19. The van der Waals surface area contributed by atoms with Gasteiger partial charge >= 0.3 is 11.7 Å². The first kappa shape index (κ1) is 17.9. The predicted molar refractivity (Wildman–Crippen MR) is 84.9 cm³/mol. The van der Waals surface area contributed by atoms with Gasteiger partial charge < -0.3 is 14.7 Å². The summed E-state index contributed by atoms with van der Waals surface area (Å²) in [5.74, 6) is -0.901. The molecule has 0 saturated carbocycles. The second-order valence-electron chi connectivity index (χ2n) is 5.23. The first-order valence-corrected chi connectivity index (χ1v) is 7.19. The maximum Gasteiger partial charge on any atom is 0.341 e. The highest BCUT2D eigenvalue weighted by atomic mass is 16.6. The van der Waals surface area contributed by atoms with E-state index in [4.69, 9.17) is 9.84 Å². The molecule has 0 unspecified atom stereocenters. The SMILES string of the molecule is CN(Cc1ccc(OCC(=O)O)cc1)C(=O)Cn1cc([N+](=O)[O-])cn1. The molecule has 0 aliphatic heterocycles. The summed E-state index contributed by atoms with van der Waals surface area (Å²) in [6, 6.07) is 6.68. The van der Waals surface area contributed by atoms with E-state index in [1.807, 2.05) is 0 Å². The number of nitrogens with zero attached hydrogens (tertiary/aromatic N) is 4. The lowest BCUT2D eigenvalue weighted by molar-refractivity contribution is -0.385. The van der Waals surface area contributed by atoms with E-state index in [1.54, 1.807) is 31.3 Å². The Hall–Kier alpha value is -3.43. The zero-order chi connectivity index (χ0) is 18.4. The monoisotopic (exact) mass is 348 g/mol. The second-order valence-corrected chi connectivity index (χ2v) is 5.23. The molecule has 0 radical (unpaired) electrons. The lowest BCUT2D eigenvalue weighted by atomic mass is 10.2. The van der Waals surface area contributed by atoms with Gasteiger partial charge in [0, 0.05) is 13.6 Å². The highest BCUT2D eigenvalue weighted by molar-refractivity contribution is 5.75. The lowest BCUT2D eigenvalue weighted by Crippen LogP contribution is -2.29. The van der Waals surface area contributed by atoms with Crippen LogP contribution < -0.4 is 4.74 Å². The summed E-state index contributed by atoms with van der Waals surface area (Å²) in [4.78, 5) is 34.1. The first-order chi connectivity index (χ1) is 11.8. The average Bonchev–Trinajstić information content (AvgIpc) is 3.03. The molecule has 0 saturated heterocycles. The lowest BCUT2D eigenvalue weighted by Gasteiger charge is -2.17. The van der Waals surface area contributed by atoms with Crippen LogP contribution in [0.5, 0.6) is 5.75 Å². The van der Waals surface area contributed by atoms with Gasteiger partial charge in [0.05, 0.1) is 4.92 Å². The molecule has 25 heavy (non-hydrogen) atoms. The number of nitro groups is 1. The summed E-state index contributed by atoms with van der Waals surface area (Å²) in [6.45, 7) is -0.209. The number of amides is 1. The van der Waals surface area contributed by atoms with Crippen LogP contribution in [0.25, 0.3) is 0 Å². The van der Waals surface area contributed by atoms with Crippen LogP contribution in [0.1, 0.15) is 5.56 Å². The summed E-state index contributed by atoms with van der Waals surface area (Å²) in [5.41, 5.74) is 0.650. The van der Waals surface area contributed by atoms with Gasteiger partial charge in [-0.1, -0.05) is 12.1 Å². The third-order valence-corrected chi connectivity index (χ3v) is 3.26. The number of carboxylic acids is 1. The van der Waals surface area contributed by atoms with E-state index in [2.05, 4.69) is 5.10 Å². The molecule has 10 nitrogen and oxygen atoms in total. The van der Waals surface area contributed by atoms with Gasteiger partial charge in [-0.25, -0.2) is 4.79 Å². The molecule has 0 bridgehead atoms. The fourth-order valence-electron chi connectivity index (χ4n) is 1.99. The van der Waals surface area contributed by atoms with Gasteiger partial charge in [0.15, 0.2) is 6.61 Å². The van der Waals surface area contributed by atoms with Crippen molar-refractivity contribution >= 4 is 17.6 Å².